The maximum absolute atomic E-state index is 12.4. The standard InChI is InChI=1S/C36H64O4/c1-3-5-7-9-10-11-12-13-14-15-16-17-18-19-20-21-22-23-29-33-36(39)40-34(30-26-8-6-4-2)31-27-24-25-28-32-35(37)38/h5,7,10-11,13-14,34H,3-4,6,8-9,12,15-33H2,1-2H3,(H,37,38)/b7-5-,11-10-,14-13-. The van der Waals surface area contributed by atoms with Crippen molar-refractivity contribution in [3.05, 3.63) is 36.5 Å². The normalized spacial score (nSPS) is 12.7. The van der Waals surface area contributed by atoms with E-state index in [0.717, 1.165) is 77.0 Å². The van der Waals surface area contributed by atoms with Crippen LogP contribution >= 0.6 is 0 Å². The molecule has 0 spiro atoms. The maximum atomic E-state index is 12.4. The summed E-state index contributed by atoms with van der Waals surface area (Å²) in [7, 11) is 0. The molecule has 0 saturated carbocycles. The first-order valence-corrected chi connectivity index (χ1v) is 17.0. The highest BCUT2D eigenvalue weighted by atomic mass is 16.5. The Morgan fingerprint density at radius 2 is 1.05 bits per heavy atom. The van der Waals surface area contributed by atoms with Crippen LogP contribution in [-0.4, -0.2) is 23.1 Å². The molecule has 0 aliphatic rings. The summed E-state index contributed by atoms with van der Waals surface area (Å²) in [4.78, 5) is 23.1. The second kappa shape index (κ2) is 31.7. The first kappa shape index (κ1) is 38.2. The van der Waals surface area contributed by atoms with E-state index in [1.54, 1.807) is 0 Å². The molecule has 1 unspecified atom stereocenters. The van der Waals surface area contributed by atoms with Crippen LogP contribution in [0.15, 0.2) is 36.5 Å². The summed E-state index contributed by atoms with van der Waals surface area (Å²) in [5.74, 6) is -0.743. The van der Waals surface area contributed by atoms with Crippen molar-refractivity contribution in [2.24, 2.45) is 0 Å². The van der Waals surface area contributed by atoms with E-state index in [1.165, 1.54) is 70.6 Å². The quantitative estimate of drug-likeness (QED) is 0.0539. The Bertz CT molecular complexity index is 649. The largest absolute Gasteiger partial charge is 0.481 e. The highest BCUT2D eigenvalue weighted by molar-refractivity contribution is 5.69. The summed E-state index contributed by atoms with van der Waals surface area (Å²) in [6.07, 6.45) is 40.3. The van der Waals surface area contributed by atoms with Gasteiger partial charge in [0.05, 0.1) is 0 Å². The summed E-state index contributed by atoms with van der Waals surface area (Å²) >= 11 is 0. The van der Waals surface area contributed by atoms with E-state index in [4.69, 9.17) is 9.84 Å². The molecule has 0 aliphatic carbocycles. The summed E-state index contributed by atoms with van der Waals surface area (Å²) in [5.41, 5.74) is 0. The number of ether oxygens (including phenoxy) is 1. The first-order valence-electron chi connectivity index (χ1n) is 17.0. The lowest BCUT2D eigenvalue weighted by atomic mass is 10.0. The van der Waals surface area contributed by atoms with Gasteiger partial charge in [0.2, 0.25) is 0 Å². The van der Waals surface area contributed by atoms with Gasteiger partial charge < -0.3 is 9.84 Å². The SMILES string of the molecule is CC/C=C\C/C=C\C/C=C\CCCCCCCCCCCC(=O)OC(CCCCCC)CCCCCCC(=O)O. The zero-order valence-corrected chi connectivity index (χ0v) is 26.4. The van der Waals surface area contributed by atoms with E-state index in [2.05, 4.69) is 50.3 Å². The zero-order chi connectivity index (χ0) is 29.4. The van der Waals surface area contributed by atoms with Gasteiger partial charge in [-0.3, -0.25) is 9.59 Å². The number of rotatable bonds is 30. The molecule has 1 atom stereocenters. The number of allylic oxidation sites excluding steroid dienone is 6. The highest BCUT2D eigenvalue weighted by Crippen LogP contribution is 2.18. The van der Waals surface area contributed by atoms with E-state index in [1.807, 2.05) is 0 Å². The fourth-order valence-electron chi connectivity index (χ4n) is 4.90. The molecule has 0 aliphatic heterocycles. The maximum Gasteiger partial charge on any atom is 0.306 e. The van der Waals surface area contributed by atoms with Crippen LogP contribution < -0.4 is 0 Å². The van der Waals surface area contributed by atoms with Gasteiger partial charge in [0, 0.05) is 12.8 Å². The van der Waals surface area contributed by atoms with E-state index >= 15 is 0 Å². The predicted octanol–water partition coefficient (Wildman–Crippen LogP) is 11.4. The fourth-order valence-corrected chi connectivity index (χ4v) is 4.90. The Balaban J connectivity index is 3.74. The predicted molar refractivity (Wildman–Crippen MR) is 172 cm³/mol. The summed E-state index contributed by atoms with van der Waals surface area (Å²) in [6.45, 7) is 4.38. The van der Waals surface area contributed by atoms with E-state index in [-0.39, 0.29) is 18.5 Å². The van der Waals surface area contributed by atoms with Gasteiger partial charge in [-0.1, -0.05) is 127 Å². The first-order chi connectivity index (χ1) is 19.6. The Kier molecular flexibility index (Phi) is 30.2. The average Bonchev–Trinajstić information content (AvgIpc) is 2.93. The number of carboxylic acids is 1. The molecular formula is C36H64O4. The molecule has 0 heterocycles. The minimum atomic E-state index is -0.715. The molecule has 0 rings (SSSR count). The Morgan fingerprint density at radius 1 is 0.575 bits per heavy atom. The third-order valence-corrected chi connectivity index (χ3v) is 7.38. The van der Waals surface area contributed by atoms with Crippen molar-refractivity contribution >= 4 is 11.9 Å². The minimum absolute atomic E-state index is 0.0273. The minimum Gasteiger partial charge on any atom is -0.481 e. The average molecular weight is 561 g/mol. The molecule has 1 N–H and O–H groups in total. The summed E-state index contributed by atoms with van der Waals surface area (Å²) in [6, 6.07) is 0. The van der Waals surface area contributed by atoms with Crippen molar-refractivity contribution in [2.75, 3.05) is 0 Å². The van der Waals surface area contributed by atoms with Gasteiger partial charge in [0.25, 0.3) is 0 Å². The third-order valence-electron chi connectivity index (χ3n) is 7.38. The topological polar surface area (TPSA) is 63.6 Å². The Hall–Kier alpha value is -1.84. The Morgan fingerprint density at radius 3 is 1.62 bits per heavy atom. The molecule has 4 heteroatoms. The van der Waals surface area contributed by atoms with Gasteiger partial charge >= 0.3 is 11.9 Å². The van der Waals surface area contributed by atoms with Gasteiger partial charge in [-0.05, 0) is 70.6 Å². The molecule has 0 fully saturated rings. The van der Waals surface area contributed by atoms with Crippen LogP contribution in [0.5, 0.6) is 0 Å². The molecule has 0 aromatic carbocycles. The summed E-state index contributed by atoms with van der Waals surface area (Å²) < 4.78 is 5.87. The van der Waals surface area contributed by atoms with Gasteiger partial charge in [0.1, 0.15) is 6.10 Å². The molecule has 0 saturated heterocycles. The van der Waals surface area contributed by atoms with Gasteiger partial charge in [-0.25, -0.2) is 0 Å². The molecule has 0 radical (unpaired) electrons. The molecule has 0 bridgehead atoms. The molecular weight excluding hydrogens is 496 g/mol. The number of aliphatic carboxylic acids is 1. The van der Waals surface area contributed by atoms with Gasteiger partial charge in [-0.15, -0.1) is 0 Å². The van der Waals surface area contributed by atoms with Crippen LogP contribution in [0.4, 0.5) is 0 Å². The summed E-state index contributed by atoms with van der Waals surface area (Å²) in [5, 5.41) is 8.76. The molecule has 4 nitrogen and oxygen atoms in total. The van der Waals surface area contributed by atoms with Crippen LogP contribution in [0.1, 0.15) is 174 Å². The lowest BCUT2D eigenvalue weighted by Gasteiger charge is -2.18. The number of esters is 1. The van der Waals surface area contributed by atoms with E-state index < -0.39 is 5.97 Å². The zero-order valence-electron chi connectivity index (χ0n) is 26.4. The van der Waals surface area contributed by atoms with E-state index in [0.29, 0.717) is 6.42 Å². The lowest BCUT2D eigenvalue weighted by molar-refractivity contribution is -0.150. The van der Waals surface area contributed by atoms with E-state index in [9.17, 15) is 9.59 Å². The molecule has 0 amide bonds. The van der Waals surface area contributed by atoms with Crippen LogP contribution in [0, 0.1) is 0 Å². The smallest absolute Gasteiger partial charge is 0.306 e. The number of carboxylic acid groups (broad SMARTS) is 1. The number of carbonyl (C=O) groups is 2. The van der Waals surface area contributed by atoms with Crippen molar-refractivity contribution < 1.29 is 19.4 Å². The molecule has 0 aromatic heterocycles. The van der Waals surface area contributed by atoms with Gasteiger partial charge in [-0.2, -0.15) is 0 Å². The number of carbonyl (C=O) groups excluding carboxylic acids is 1. The molecule has 0 aromatic rings. The van der Waals surface area contributed by atoms with Crippen LogP contribution in [-0.2, 0) is 14.3 Å². The van der Waals surface area contributed by atoms with Crippen molar-refractivity contribution in [2.45, 2.75) is 180 Å². The second-order valence-corrected chi connectivity index (χ2v) is 11.3. The van der Waals surface area contributed by atoms with Crippen molar-refractivity contribution in [3.8, 4) is 0 Å². The Labute approximate surface area is 248 Å². The molecule has 40 heavy (non-hydrogen) atoms. The van der Waals surface area contributed by atoms with Crippen molar-refractivity contribution in [3.63, 3.8) is 0 Å². The monoisotopic (exact) mass is 560 g/mol. The highest BCUT2D eigenvalue weighted by Gasteiger charge is 2.14. The van der Waals surface area contributed by atoms with Crippen LogP contribution in [0.2, 0.25) is 0 Å². The van der Waals surface area contributed by atoms with Crippen molar-refractivity contribution in [1.29, 1.82) is 0 Å². The van der Waals surface area contributed by atoms with Gasteiger partial charge in [0.15, 0.2) is 0 Å². The number of hydrogen-bond donors (Lipinski definition) is 1. The lowest BCUT2D eigenvalue weighted by Crippen LogP contribution is -2.18. The van der Waals surface area contributed by atoms with Crippen molar-refractivity contribution in [1.82, 2.24) is 0 Å². The third kappa shape index (κ3) is 30.7. The van der Waals surface area contributed by atoms with Crippen LogP contribution in [0.25, 0.3) is 0 Å². The number of unbranched alkanes of at least 4 members (excludes halogenated alkanes) is 15. The fraction of sp³-hybridized carbons (Fsp3) is 0.778. The molecule has 232 valence electrons. The van der Waals surface area contributed by atoms with Crippen LogP contribution in [0.3, 0.4) is 0 Å². The second-order valence-electron chi connectivity index (χ2n) is 11.3. The number of hydrogen-bond acceptors (Lipinski definition) is 3.